The third-order valence-corrected chi connectivity index (χ3v) is 2.34. The molecule has 0 aliphatic heterocycles. The first-order valence-electron chi connectivity index (χ1n) is 4.25. The molecule has 0 saturated carbocycles. The van der Waals surface area contributed by atoms with E-state index in [9.17, 15) is 0 Å². The van der Waals surface area contributed by atoms with E-state index in [1.807, 2.05) is 6.08 Å². The maximum atomic E-state index is 8.92. The van der Waals surface area contributed by atoms with Crippen molar-refractivity contribution in [3.8, 4) is 0 Å². The average molecular weight is 160 g/mol. The van der Waals surface area contributed by atoms with Crippen molar-refractivity contribution in [3.05, 3.63) is 48.1 Å². The highest BCUT2D eigenvalue weighted by Gasteiger charge is 2.16. The summed E-state index contributed by atoms with van der Waals surface area (Å²) in [6.45, 7) is 0.150. The van der Waals surface area contributed by atoms with E-state index in [1.54, 1.807) is 0 Å². The van der Waals surface area contributed by atoms with E-state index >= 15 is 0 Å². The fraction of sp³-hybridized carbons (Fsp3) is 0.273. The maximum Gasteiger partial charge on any atom is 0.0678 e. The first kappa shape index (κ1) is 7.56. The topological polar surface area (TPSA) is 20.2 Å². The summed E-state index contributed by atoms with van der Waals surface area (Å²) in [5.74, 6) is 0.965. The molecule has 2 unspecified atom stereocenters. The Hall–Kier alpha value is -1.08. The molecular weight excluding hydrogens is 148 g/mol. The number of hydrogen-bond acceptors (Lipinski definition) is 1. The maximum absolute atomic E-state index is 8.92. The van der Waals surface area contributed by atoms with Crippen LogP contribution < -0.4 is 0 Å². The van der Waals surface area contributed by atoms with E-state index in [0.29, 0.717) is 11.8 Å². The first-order valence-corrected chi connectivity index (χ1v) is 4.25. The number of hydrogen-bond donors (Lipinski definition) is 1. The molecule has 1 nitrogen and oxygen atoms in total. The highest BCUT2D eigenvalue weighted by atomic mass is 16.3. The summed E-state index contributed by atoms with van der Waals surface area (Å²) in [6, 6.07) is 0. The van der Waals surface area contributed by atoms with Crippen molar-refractivity contribution in [3.63, 3.8) is 0 Å². The van der Waals surface area contributed by atoms with E-state index in [4.69, 9.17) is 5.11 Å². The summed E-state index contributed by atoms with van der Waals surface area (Å²) >= 11 is 0. The molecule has 1 N–H and O–H groups in total. The second kappa shape index (κ2) is 3.11. The highest BCUT2D eigenvalue weighted by molar-refractivity contribution is 5.33. The third kappa shape index (κ3) is 1.28. The van der Waals surface area contributed by atoms with Gasteiger partial charge in [-0.3, -0.25) is 0 Å². The molecule has 2 rings (SSSR count). The van der Waals surface area contributed by atoms with E-state index in [-0.39, 0.29) is 6.61 Å². The molecule has 62 valence electrons. The van der Waals surface area contributed by atoms with E-state index < -0.39 is 0 Å². The Kier molecular flexibility index (Phi) is 1.96. The van der Waals surface area contributed by atoms with Crippen LogP contribution in [0.4, 0.5) is 0 Å². The largest absolute Gasteiger partial charge is 0.392 e. The number of rotatable bonds is 1. The summed E-state index contributed by atoms with van der Waals surface area (Å²) in [5.41, 5.74) is 1.02. The zero-order valence-electron chi connectivity index (χ0n) is 6.85. The van der Waals surface area contributed by atoms with Crippen LogP contribution in [-0.4, -0.2) is 11.7 Å². The highest BCUT2D eigenvalue weighted by Crippen LogP contribution is 2.27. The van der Waals surface area contributed by atoms with Crippen LogP contribution in [0, 0.1) is 11.8 Å². The summed E-state index contributed by atoms with van der Waals surface area (Å²) in [5, 5.41) is 8.92. The van der Waals surface area contributed by atoms with E-state index in [1.165, 1.54) is 0 Å². The predicted octanol–water partition coefficient (Wildman–Crippen LogP) is 1.83. The van der Waals surface area contributed by atoms with Gasteiger partial charge in [0.2, 0.25) is 0 Å². The van der Waals surface area contributed by atoms with Gasteiger partial charge in [0.05, 0.1) is 6.61 Å². The van der Waals surface area contributed by atoms with Gasteiger partial charge in [0.1, 0.15) is 0 Å². The summed E-state index contributed by atoms with van der Waals surface area (Å²) in [4.78, 5) is 0. The van der Waals surface area contributed by atoms with Crippen molar-refractivity contribution in [1.29, 1.82) is 0 Å². The molecule has 12 heavy (non-hydrogen) atoms. The van der Waals surface area contributed by atoms with Crippen LogP contribution in [0.3, 0.4) is 0 Å². The quantitative estimate of drug-likeness (QED) is 0.620. The van der Waals surface area contributed by atoms with Gasteiger partial charge in [-0.25, -0.2) is 0 Å². The lowest BCUT2D eigenvalue weighted by molar-refractivity contribution is 0.333. The normalized spacial score (nSPS) is 31.6. The summed E-state index contributed by atoms with van der Waals surface area (Å²) < 4.78 is 0. The molecule has 0 spiro atoms. The van der Waals surface area contributed by atoms with Crippen LogP contribution in [0.1, 0.15) is 0 Å². The molecule has 0 fully saturated rings. The van der Waals surface area contributed by atoms with E-state index in [0.717, 1.165) is 5.57 Å². The second-order valence-electron chi connectivity index (χ2n) is 3.18. The molecule has 2 atom stereocenters. The Morgan fingerprint density at radius 2 is 1.83 bits per heavy atom. The molecule has 0 bridgehead atoms. The smallest absolute Gasteiger partial charge is 0.0678 e. The predicted molar refractivity (Wildman–Crippen MR) is 49.6 cm³/mol. The molecule has 0 aromatic carbocycles. The number of fused-ring (bicyclic) bond motifs is 1. The molecule has 0 amide bonds. The van der Waals surface area contributed by atoms with Crippen LogP contribution in [0.2, 0.25) is 0 Å². The molecule has 0 radical (unpaired) electrons. The van der Waals surface area contributed by atoms with Gasteiger partial charge >= 0.3 is 0 Å². The molecule has 0 aromatic heterocycles. The molecule has 1 heteroatoms. The fourth-order valence-electron chi connectivity index (χ4n) is 1.64. The van der Waals surface area contributed by atoms with Crippen molar-refractivity contribution in [2.45, 2.75) is 0 Å². The van der Waals surface area contributed by atoms with Crippen LogP contribution in [0.25, 0.3) is 0 Å². The Balaban J connectivity index is 2.22. The number of aliphatic hydroxyl groups excluding tert-OH is 1. The third-order valence-electron chi connectivity index (χ3n) is 2.34. The van der Waals surface area contributed by atoms with Gasteiger partial charge in [0, 0.05) is 11.8 Å². The number of aliphatic hydroxyl groups is 1. The average Bonchev–Trinajstić information content (AvgIpc) is 2.17. The van der Waals surface area contributed by atoms with Crippen molar-refractivity contribution in [1.82, 2.24) is 0 Å². The lowest BCUT2D eigenvalue weighted by Gasteiger charge is -2.22. The lowest BCUT2D eigenvalue weighted by Crippen LogP contribution is -2.12. The Morgan fingerprint density at radius 3 is 2.58 bits per heavy atom. The van der Waals surface area contributed by atoms with Crippen LogP contribution in [0.15, 0.2) is 48.1 Å². The minimum absolute atomic E-state index is 0.150. The zero-order valence-corrected chi connectivity index (χ0v) is 6.85. The number of allylic oxidation sites excluding steroid dienone is 6. The van der Waals surface area contributed by atoms with Gasteiger partial charge in [-0.05, 0) is 5.57 Å². The minimum atomic E-state index is 0.150. The molecule has 2 aliphatic rings. The van der Waals surface area contributed by atoms with Crippen LogP contribution >= 0.6 is 0 Å². The monoisotopic (exact) mass is 160 g/mol. The van der Waals surface area contributed by atoms with Gasteiger partial charge in [-0.2, -0.15) is 0 Å². The Bertz CT molecular complexity index is 281. The van der Waals surface area contributed by atoms with Crippen molar-refractivity contribution < 1.29 is 5.11 Å². The second-order valence-corrected chi connectivity index (χ2v) is 3.18. The van der Waals surface area contributed by atoms with Crippen molar-refractivity contribution in [2.75, 3.05) is 6.61 Å². The molecular formula is C11H12O. The minimum Gasteiger partial charge on any atom is -0.392 e. The van der Waals surface area contributed by atoms with Crippen LogP contribution in [-0.2, 0) is 0 Å². The van der Waals surface area contributed by atoms with Gasteiger partial charge in [-0.15, -0.1) is 0 Å². The fourth-order valence-corrected chi connectivity index (χ4v) is 1.64. The van der Waals surface area contributed by atoms with Crippen molar-refractivity contribution in [2.24, 2.45) is 11.8 Å². The summed E-state index contributed by atoms with van der Waals surface area (Å²) in [7, 11) is 0. The molecule has 0 saturated heterocycles. The SMILES string of the molecule is OCC1=CC2C=CC=CC2C=C1. The summed E-state index contributed by atoms with van der Waals surface area (Å²) in [6.07, 6.45) is 14.8. The van der Waals surface area contributed by atoms with Gasteiger partial charge in [0.15, 0.2) is 0 Å². The standard InChI is InChI=1S/C11H12O/c12-8-9-5-6-10-3-1-2-4-11(10)7-9/h1-7,10-12H,8H2. The van der Waals surface area contributed by atoms with Gasteiger partial charge in [0.25, 0.3) is 0 Å². The lowest BCUT2D eigenvalue weighted by atomic mass is 9.83. The molecule has 2 aliphatic carbocycles. The van der Waals surface area contributed by atoms with Crippen LogP contribution in [0.5, 0.6) is 0 Å². The van der Waals surface area contributed by atoms with Crippen molar-refractivity contribution >= 4 is 0 Å². The molecule has 0 aromatic rings. The van der Waals surface area contributed by atoms with Gasteiger partial charge < -0.3 is 5.11 Å². The van der Waals surface area contributed by atoms with E-state index in [2.05, 4.69) is 36.5 Å². The zero-order chi connectivity index (χ0) is 8.39. The Morgan fingerprint density at radius 1 is 1.08 bits per heavy atom. The Labute approximate surface area is 72.4 Å². The molecule has 0 heterocycles. The van der Waals surface area contributed by atoms with Gasteiger partial charge in [-0.1, -0.05) is 42.5 Å². The first-order chi connectivity index (χ1) is 5.90.